The highest BCUT2D eigenvalue weighted by molar-refractivity contribution is 5.41. The van der Waals surface area contributed by atoms with Crippen molar-refractivity contribution in [1.82, 2.24) is 4.90 Å². The van der Waals surface area contributed by atoms with Gasteiger partial charge in [0.15, 0.2) is 0 Å². The Labute approximate surface area is 174 Å². The van der Waals surface area contributed by atoms with Crippen LogP contribution in [0.5, 0.6) is 11.5 Å². The van der Waals surface area contributed by atoms with Gasteiger partial charge in [0, 0.05) is 12.5 Å². The zero-order valence-corrected chi connectivity index (χ0v) is 17.6. The second kappa shape index (κ2) is 10.1. The Bertz CT molecular complexity index is 857. The molecule has 1 N–H and O–H groups in total. The van der Waals surface area contributed by atoms with Gasteiger partial charge in [-0.25, -0.2) is 0 Å². The summed E-state index contributed by atoms with van der Waals surface area (Å²) in [5, 5.41) is 9.76. The fourth-order valence-electron chi connectivity index (χ4n) is 3.82. The molecule has 3 aromatic carbocycles. The monoisotopic (exact) mass is 389 g/mol. The van der Waals surface area contributed by atoms with E-state index < -0.39 is 0 Å². The van der Waals surface area contributed by atoms with Crippen molar-refractivity contribution in [3.8, 4) is 11.5 Å². The standard InChI is InChI=1S/C26H31NO2/c1-4-25(20-8-6-5-7-9-20)26(21-10-14-23(28)15-11-21)22-12-16-24(17-13-22)29-19-18-27(2)3/h5-17,25-26,28H,4,18-19H2,1-3H3/t25-,26-/m0/s1. The van der Waals surface area contributed by atoms with Crippen molar-refractivity contribution >= 4 is 0 Å². The average Bonchev–Trinajstić information content (AvgIpc) is 2.74. The third-order valence-corrected chi connectivity index (χ3v) is 5.37. The topological polar surface area (TPSA) is 32.7 Å². The molecule has 0 radical (unpaired) electrons. The number of ether oxygens (including phenoxy) is 1. The molecule has 2 atom stereocenters. The van der Waals surface area contributed by atoms with E-state index in [4.69, 9.17) is 4.74 Å². The van der Waals surface area contributed by atoms with Gasteiger partial charge in [0.2, 0.25) is 0 Å². The zero-order valence-electron chi connectivity index (χ0n) is 17.6. The first-order valence-electron chi connectivity index (χ1n) is 10.3. The molecule has 3 heteroatoms. The van der Waals surface area contributed by atoms with E-state index in [0.717, 1.165) is 18.7 Å². The highest BCUT2D eigenvalue weighted by atomic mass is 16.5. The number of nitrogens with zero attached hydrogens (tertiary/aromatic N) is 1. The maximum atomic E-state index is 9.76. The molecule has 0 aliphatic heterocycles. The molecule has 0 heterocycles. The molecular formula is C26H31NO2. The summed E-state index contributed by atoms with van der Waals surface area (Å²) in [7, 11) is 4.09. The molecule has 3 rings (SSSR count). The lowest BCUT2D eigenvalue weighted by molar-refractivity contribution is 0.261. The molecule has 0 bridgehead atoms. The van der Waals surface area contributed by atoms with E-state index in [0.29, 0.717) is 18.3 Å². The molecule has 3 aromatic rings. The minimum atomic E-state index is 0.207. The van der Waals surface area contributed by atoms with Crippen molar-refractivity contribution in [2.45, 2.75) is 25.2 Å². The Kier molecular flexibility index (Phi) is 7.31. The molecule has 0 saturated heterocycles. The van der Waals surface area contributed by atoms with Crippen LogP contribution in [0.3, 0.4) is 0 Å². The number of likely N-dealkylation sites (N-methyl/N-ethyl adjacent to an activating group) is 1. The van der Waals surface area contributed by atoms with Gasteiger partial charge in [-0.15, -0.1) is 0 Å². The molecule has 3 nitrogen and oxygen atoms in total. The number of hydrogen-bond acceptors (Lipinski definition) is 3. The number of aromatic hydroxyl groups is 1. The molecule has 0 aromatic heterocycles. The molecule has 29 heavy (non-hydrogen) atoms. The maximum Gasteiger partial charge on any atom is 0.119 e. The second-order valence-electron chi connectivity index (χ2n) is 7.72. The smallest absolute Gasteiger partial charge is 0.119 e. The minimum Gasteiger partial charge on any atom is -0.508 e. The largest absolute Gasteiger partial charge is 0.508 e. The van der Waals surface area contributed by atoms with Crippen LogP contribution in [0.4, 0.5) is 0 Å². The van der Waals surface area contributed by atoms with Crippen LogP contribution in [0.1, 0.15) is 41.9 Å². The van der Waals surface area contributed by atoms with Crippen LogP contribution in [0.15, 0.2) is 78.9 Å². The number of benzene rings is 3. The van der Waals surface area contributed by atoms with Crippen LogP contribution >= 0.6 is 0 Å². The summed E-state index contributed by atoms with van der Waals surface area (Å²) in [6.07, 6.45) is 1.02. The Morgan fingerprint density at radius 2 is 1.38 bits per heavy atom. The highest BCUT2D eigenvalue weighted by Gasteiger charge is 2.25. The summed E-state index contributed by atoms with van der Waals surface area (Å²) in [5.41, 5.74) is 3.80. The van der Waals surface area contributed by atoms with Crippen LogP contribution in [-0.4, -0.2) is 37.3 Å². The lowest BCUT2D eigenvalue weighted by Gasteiger charge is -2.28. The van der Waals surface area contributed by atoms with Gasteiger partial charge in [0.25, 0.3) is 0 Å². The molecule has 0 unspecified atom stereocenters. The summed E-state index contributed by atoms with van der Waals surface area (Å²) >= 11 is 0. The van der Waals surface area contributed by atoms with E-state index in [1.165, 1.54) is 16.7 Å². The number of phenolic OH excluding ortho intramolecular Hbond substituents is 1. The van der Waals surface area contributed by atoms with Gasteiger partial charge in [-0.05, 0) is 67.4 Å². The molecular weight excluding hydrogens is 358 g/mol. The quantitative estimate of drug-likeness (QED) is 0.513. The number of rotatable bonds is 9. The highest BCUT2D eigenvalue weighted by Crippen LogP contribution is 2.41. The summed E-state index contributed by atoms with van der Waals surface area (Å²) in [4.78, 5) is 2.11. The Morgan fingerprint density at radius 3 is 1.93 bits per heavy atom. The third kappa shape index (κ3) is 5.61. The van der Waals surface area contributed by atoms with Gasteiger partial charge in [-0.3, -0.25) is 0 Å². The summed E-state index contributed by atoms with van der Waals surface area (Å²) in [6.45, 7) is 3.81. The van der Waals surface area contributed by atoms with Gasteiger partial charge in [0.05, 0.1) is 0 Å². The van der Waals surface area contributed by atoms with Gasteiger partial charge >= 0.3 is 0 Å². The maximum absolute atomic E-state index is 9.76. The van der Waals surface area contributed by atoms with E-state index in [-0.39, 0.29) is 5.92 Å². The van der Waals surface area contributed by atoms with E-state index in [1.807, 2.05) is 26.2 Å². The van der Waals surface area contributed by atoms with Crippen LogP contribution in [0, 0.1) is 0 Å². The normalized spacial score (nSPS) is 13.2. The lowest BCUT2D eigenvalue weighted by atomic mass is 9.76. The number of phenols is 1. The fourth-order valence-corrected chi connectivity index (χ4v) is 3.82. The van der Waals surface area contributed by atoms with Crippen LogP contribution in [0.25, 0.3) is 0 Å². The molecule has 0 saturated carbocycles. The lowest BCUT2D eigenvalue weighted by Crippen LogP contribution is -2.19. The van der Waals surface area contributed by atoms with E-state index >= 15 is 0 Å². The van der Waals surface area contributed by atoms with Gasteiger partial charge in [-0.1, -0.05) is 61.5 Å². The van der Waals surface area contributed by atoms with Crippen molar-refractivity contribution in [1.29, 1.82) is 0 Å². The summed E-state index contributed by atoms with van der Waals surface area (Å²) < 4.78 is 5.87. The van der Waals surface area contributed by atoms with E-state index in [2.05, 4.69) is 66.4 Å². The third-order valence-electron chi connectivity index (χ3n) is 5.37. The van der Waals surface area contributed by atoms with E-state index in [1.54, 1.807) is 12.1 Å². The molecule has 152 valence electrons. The van der Waals surface area contributed by atoms with Gasteiger partial charge in [0.1, 0.15) is 18.1 Å². The molecule has 0 spiro atoms. The minimum absolute atomic E-state index is 0.207. The van der Waals surface area contributed by atoms with E-state index in [9.17, 15) is 5.11 Å². The van der Waals surface area contributed by atoms with Crippen molar-refractivity contribution in [2.24, 2.45) is 0 Å². The molecule has 0 aliphatic carbocycles. The molecule has 0 amide bonds. The van der Waals surface area contributed by atoms with Crippen molar-refractivity contribution in [2.75, 3.05) is 27.2 Å². The number of hydrogen-bond donors (Lipinski definition) is 1. The van der Waals surface area contributed by atoms with Crippen molar-refractivity contribution in [3.63, 3.8) is 0 Å². The van der Waals surface area contributed by atoms with Crippen molar-refractivity contribution < 1.29 is 9.84 Å². The first-order chi connectivity index (χ1) is 14.1. The fraction of sp³-hybridized carbons (Fsp3) is 0.308. The van der Waals surface area contributed by atoms with Crippen LogP contribution < -0.4 is 4.74 Å². The second-order valence-corrected chi connectivity index (χ2v) is 7.72. The Hall–Kier alpha value is -2.78. The predicted octanol–water partition coefficient (Wildman–Crippen LogP) is 5.66. The summed E-state index contributed by atoms with van der Waals surface area (Å²) in [5.74, 6) is 1.75. The Balaban J connectivity index is 1.91. The Morgan fingerprint density at radius 1 is 0.793 bits per heavy atom. The predicted molar refractivity (Wildman–Crippen MR) is 120 cm³/mol. The SMILES string of the molecule is CC[C@@H](c1ccccc1)[C@@H](c1ccc(O)cc1)c1ccc(OCCN(C)C)cc1. The summed E-state index contributed by atoms with van der Waals surface area (Å²) in [6, 6.07) is 26.8. The average molecular weight is 390 g/mol. The van der Waals surface area contributed by atoms with Crippen molar-refractivity contribution in [3.05, 3.63) is 95.6 Å². The van der Waals surface area contributed by atoms with Gasteiger partial charge < -0.3 is 14.7 Å². The first-order valence-corrected chi connectivity index (χ1v) is 10.3. The molecule has 0 fully saturated rings. The van der Waals surface area contributed by atoms with Gasteiger partial charge in [-0.2, -0.15) is 0 Å². The first kappa shape index (κ1) is 20.9. The molecule has 0 aliphatic rings. The van der Waals surface area contributed by atoms with Crippen LogP contribution in [0.2, 0.25) is 0 Å². The van der Waals surface area contributed by atoms with Crippen LogP contribution in [-0.2, 0) is 0 Å². The zero-order chi connectivity index (χ0) is 20.6.